The maximum Gasteiger partial charge on any atom is 0.248 e. The molecule has 0 aromatic carbocycles. The Morgan fingerprint density at radius 3 is 2.53 bits per heavy atom. The van der Waals surface area contributed by atoms with Crippen molar-refractivity contribution >= 4 is 5.91 Å². The molecule has 0 aliphatic carbocycles. The lowest BCUT2D eigenvalue weighted by Crippen LogP contribution is -2.50. The lowest BCUT2D eigenvalue weighted by atomic mass is 10.3. The van der Waals surface area contributed by atoms with Gasteiger partial charge in [0.05, 0.1) is 6.61 Å². The molecule has 1 saturated heterocycles. The second kappa shape index (κ2) is 6.76. The van der Waals surface area contributed by atoms with Crippen LogP contribution in [0, 0.1) is 0 Å². The van der Waals surface area contributed by atoms with Gasteiger partial charge in [-0.25, -0.2) is 0 Å². The average molecular weight is 216 g/mol. The number of nitrogens with zero attached hydrogens (tertiary/aromatic N) is 2. The van der Waals surface area contributed by atoms with E-state index in [0.29, 0.717) is 13.2 Å². The number of hydrogen-bond acceptors (Lipinski definition) is 4. The minimum Gasteiger partial charge on any atom is -0.395 e. The molecule has 5 heteroatoms. The molecule has 1 rings (SSSR count). The van der Waals surface area contributed by atoms with Crippen molar-refractivity contribution in [2.24, 2.45) is 0 Å². The molecule has 1 aliphatic rings. The molecule has 1 fully saturated rings. The summed E-state index contributed by atoms with van der Waals surface area (Å²) < 4.78 is 5.08. The fraction of sp³-hybridized carbons (Fsp3) is 0.900. The standard InChI is InChI=1S/C10H20N2O3/c1-2-15-9-10(14)12-5-3-11(4-6-12)7-8-13/h13H,2-9H2,1H3. The minimum atomic E-state index is 0.0699. The SMILES string of the molecule is CCOCC(=O)N1CCN(CCO)CC1. The smallest absolute Gasteiger partial charge is 0.248 e. The van der Waals surface area contributed by atoms with Gasteiger partial charge in [0.15, 0.2) is 0 Å². The van der Waals surface area contributed by atoms with Gasteiger partial charge in [0.1, 0.15) is 6.61 Å². The normalized spacial score (nSPS) is 18.1. The van der Waals surface area contributed by atoms with E-state index in [1.165, 1.54) is 0 Å². The maximum atomic E-state index is 11.6. The molecule has 0 atom stereocenters. The summed E-state index contributed by atoms with van der Waals surface area (Å²) in [5.74, 6) is 0.0699. The van der Waals surface area contributed by atoms with E-state index >= 15 is 0 Å². The van der Waals surface area contributed by atoms with Crippen LogP contribution in [0.5, 0.6) is 0 Å². The number of aliphatic hydroxyl groups is 1. The summed E-state index contributed by atoms with van der Waals surface area (Å²) in [4.78, 5) is 15.5. The highest BCUT2D eigenvalue weighted by Gasteiger charge is 2.20. The first-order valence-electron chi connectivity index (χ1n) is 5.46. The number of β-amino-alcohol motifs (C(OH)–C–C–N with tert-alkyl or cyclic N) is 1. The Morgan fingerprint density at radius 2 is 2.00 bits per heavy atom. The van der Waals surface area contributed by atoms with Crippen LogP contribution in [0.15, 0.2) is 0 Å². The predicted molar refractivity (Wildman–Crippen MR) is 56.6 cm³/mol. The fourth-order valence-corrected chi connectivity index (χ4v) is 1.64. The third-order valence-electron chi connectivity index (χ3n) is 2.57. The largest absolute Gasteiger partial charge is 0.395 e. The van der Waals surface area contributed by atoms with Crippen molar-refractivity contribution in [3.05, 3.63) is 0 Å². The van der Waals surface area contributed by atoms with Crippen LogP contribution in [0.2, 0.25) is 0 Å². The molecule has 0 unspecified atom stereocenters. The van der Waals surface area contributed by atoms with Gasteiger partial charge >= 0.3 is 0 Å². The number of aliphatic hydroxyl groups excluding tert-OH is 1. The maximum absolute atomic E-state index is 11.6. The molecule has 1 N–H and O–H groups in total. The van der Waals surface area contributed by atoms with Crippen molar-refractivity contribution in [1.82, 2.24) is 9.80 Å². The van der Waals surface area contributed by atoms with Gasteiger partial charge in [0, 0.05) is 39.3 Å². The van der Waals surface area contributed by atoms with E-state index in [0.717, 1.165) is 26.2 Å². The molecule has 1 aliphatic heterocycles. The van der Waals surface area contributed by atoms with Gasteiger partial charge in [0.2, 0.25) is 5.91 Å². The molecule has 5 nitrogen and oxygen atoms in total. The van der Waals surface area contributed by atoms with E-state index in [1.54, 1.807) is 0 Å². The van der Waals surface area contributed by atoms with E-state index in [9.17, 15) is 4.79 Å². The molecule has 0 saturated carbocycles. The molecule has 15 heavy (non-hydrogen) atoms. The summed E-state index contributed by atoms with van der Waals surface area (Å²) in [6.45, 7) is 6.72. The second-order valence-corrected chi connectivity index (χ2v) is 3.58. The summed E-state index contributed by atoms with van der Waals surface area (Å²) in [6, 6.07) is 0. The Labute approximate surface area is 90.6 Å². The summed E-state index contributed by atoms with van der Waals surface area (Å²) in [5, 5.41) is 8.77. The van der Waals surface area contributed by atoms with Crippen LogP contribution < -0.4 is 0 Å². The van der Waals surface area contributed by atoms with Crippen molar-refractivity contribution in [2.75, 3.05) is 52.5 Å². The zero-order chi connectivity index (χ0) is 11.1. The van der Waals surface area contributed by atoms with E-state index in [2.05, 4.69) is 4.90 Å². The van der Waals surface area contributed by atoms with Crippen molar-refractivity contribution in [2.45, 2.75) is 6.92 Å². The van der Waals surface area contributed by atoms with Gasteiger partial charge in [-0.1, -0.05) is 0 Å². The molecular formula is C10H20N2O3. The van der Waals surface area contributed by atoms with Crippen LogP contribution in [-0.4, -0.2) is 73.4 Å². The third-order valence-corrected chi connectivity index (χ3v) is 2.57. The van der Waals surface area contributed by atoms with Crippen LogP contribution in [0.1, 0.15) is 6.92 Å². The van der Waals surface area contributed by atoms with Gasteiger partial charge in [-0.2, -0.15) is 0 Å². The molecule has 0 spiro atoms. The van der Waals surface area contributed by atoms with Crippen LogP contribution in [-0.2, 0) is 9.53 Å². The Balaban J connectivity index is 2.21. The van der Waals surface area contributed by atoms with Crippen LogP contribution in [0.25, 0.3) is 0 Å². The summed E-state index contributed by atoms with van der Waals surface area (Å²) >= 11 is 0. The summed E-state index contributed by atoms with van der Waals surface area (Å²) in [6.07, 6.45) is 0. The first-order valence-corrected chi connectivity index (χ1v) is 5.46. The summed E-state index contributed by atoms with van der Waals surface area (Å²) in [5.41, 5.74) is 0. The predicted octanol–water partition coefficient (Wildman–Crippen LogP) is -0.841. The molecule has 0 aromatic rings. The highest BCUT2D eigenvalue weighted by molar-refractivity contribution is 5.77. The van der Waals surface area contributed by atoms with Crippen molar-refractivity contribution in [3.63, 3.8) is 0 Å². The Morgan fingerprint density at radius 1 is 1.33 bits per heavy atom. The Hall–Kier alpha value is -0.650. The molecular weight excluding hydrogens is 196 g/mol. The number of amides is 1. The Bertz CT molecular complexity index is 191. The fourth-order valence-electron chi connectivity index (χ4n) is 1.64. The highest BCUT2D eigenvalue weighted by Crippen LogP contribution is 2.01. The molecule has 1 heterocycles. The molecule has 1 amide bonds. The zero-order valence-corrected chi connectivity index (χ0v) is 9.31. The van der Waals surface area contributed by atoms with Crippen LogP contribution in [0.4, 0.5) is 0 Å². The number of rotatable bonds is 5. The summed E-state index contributed by atoms with van der Waals surface area (Å²) in [7, 11) is 0. The number of ether oxygens (including phenoxy) is 1. The zero-order valence-electron chi connectivity index (χ0n) is 9.31. The van der Waals surface area contributed by atoms with E-state index in [4.69, 9.17) is 9.84 Å². The minimum absolute atomic E-state index is 0.0699. The van der Waals surface area contributed by atoms with E-state index < -0.39 is 0 Å². The van der Waals surface area contributed by atoms with Crippen LogP contribution >= 0.6 is 0 Å². The van der Waals surface area contributed by atoms with Crippen molar-refractivity contribution in [1.29, 1.82) is 0 Å². The molecule has 0 aromatic heterocycles. The topological polar surface area (TPSA) is 53.0 Å². The second-order valence-electron chi connectivity index (χ2n) is 3.58. The number of carbonyl (C=O) groups excluding carboxylic acids is 1. The first-order chi connectivity index (χ1) is 7.27. The van der Waals surface area contributed by atoms with Gasteiger partial charge in [-0.15, -0.1) is 0 Å². The lowest BCUT2D eigenvalue weighted by Gasteiger charge is -2.34. The molecule has 0 radical (unpaired) electrons. The van der Waals surface area contributed by atoms with Gasteiger partial charge in [-0.05, 0) is 6.92 Å². The molecule has 0 bridgehead atoms. The van der Waals surface area contributed by atoms with E-state index in [1.807, 2.05) is 11.8 Å². The van der Waals surface area contributed by atoms with Crippen molar-refractivity contribution in [3.8, 4) is 0 Å². The number of hydrogen-bond donors (Lipinski definition) is 1. The third kappa shape index (κ3) is 4.15. The first kappa shape index (κ1) is 12.4. The number of carbonyl (C=O) groups is 1. The number of piperazine rings is 1. The van der Waals surface area contributed by atoms with Crippen LogP contribution in [0.3, 0.4) is 0 Å². The monoisotopic (exact) mass is 216 g/mol. The average Bonchev–Trinajstić information content (AvgIpc) is 2.27. The van der Waals surface area contributed by atoms with Crippen molar-refractivity contribution < 1.29 is 14.6 Å². The highest BCUT2D eigenvalue weighted by atomic mass is 16.5. The van der Waals surface area contributed by atoms with Gasteiger partial charge in [0.25, 0.3) is 0 Å². The lowest BCUT2D eigenvalue weighted by molar-refractivity contribution is -0.137. The van der Waals surface area contributed by atoms with Gasteiger partial charge in [-0.3, -0.25) is 9.69 Å². The van der Waals surface area contributed by atoms with Gasteiger partial charge < -0.3 is 14.7 Å². The Kier molecular flexibility index (Phi) is 5.60. The molecule has 88 valence electrons. The van der Waals surface area contributed by atoms with E-state index in [-0.39, 0.29) is 19.1 Å². The quantitative estimate of drug-likeness (QED) is 0.651.